The largest absolute Gasteiger partial charge is 0.493 e. The summed E-state index contributed by atoms with van der Waals surface area (Å²) in [5.74, 6) is 1.39. The lowest BCUT2D eigenvalue weighted by atomic mass is 10.1. The first-order valence-electron chi connectivity index (χ1n) is 8.51. The molecule has 1 heterocycles. The summed E-state index contributed by atoms with van der Waals surface area (Å²) in [6.45, 7) is 3.87. The molecule has 136 valence electrons. The van der Waals surface area contributed by atoms with Crippen LogP contribution in [0.4, 0.5) is 0 Å². The highest BCUT2D eigenvalue weighted by Gasteiger charge is 2.19. The number of nitrogens with one attached hydrogen (secondary N) is 1. The van der Waals surface area contributed by atoms with Crippen LogP contribution in [0.3, 0.4) is 0 Å². The van der Waals surface area contributed by atoms with Crippen molar-refractivity contribution in [3.05, 3.63) is 29.3 Å². The first-order valence-corrected chi connectivity index (χ1v) is 8.51. The molecule has 1 fully saturated rings. The van der Waals surface area contributed by atoms with Crippen LogP contribution >= 0.6 is 0 Å². The summed E-state index contributed by atoms with van der Waals surface area (Å²) in [5.41, 5.74) is 1.48. The molecule has 1 saturated heterocycles. The van der Waals surface area contributed by atoms with E-state index in [4.69, 9.17) is 9.47 Å². The zero-order valence-electron chi connectivity index (χ0n) is 15.1. The Kier molecular flexibility index (Phi) is 6.86. The van der Waals surface area contributed by atoms with Crippen molar-refractivity contribution < 1.29 is 19.1 Å². The van der Waals surface area contributed by atoms with Gasteiger partial charge in [0.2, 0.25) is 11.8 Å². The molecule has 6 nitrogen and oxygen atoms in total. The number of ether oxygens (including phenoxy) is 2. The second-order valence-corrected chi connectivity index (χ2v) is 6.04. The van der Waals surface area contributed by atoms with Crippen LogP contribution in [-0.4, -0.2) is 50.6 Å². The van der Waals surface area contributed by atoms with Crippen molar-refractivity contribution in [2.75, 3.05) is 33.9 Å². The minimum absolute atomic E-state index is 0.109. The first kappa shape index (κ1) is 18.8. The summed E-state index contributed by atoms with van der Waals surface area (Å²) in [6, 6.07) is 5.51. The molecule has 0 radical (unpaired) electrons. The molecule has 2 rings (SSSR count). The van der Waals surface area contributed by atoms with Gasteiger partial charge in [0.05, 0.1) is 14.2 Å². The van der Waals surface area contributed by atoms with Gasteiger partial charge in [-0.1, -0.05) is 6.07 Å². The Morgan fingerprint density at radius 1 is 1.28 bits per heavy atom. The van der Waals surface area contributed by atoms with Crippen molar-refractivity contribution in [3.8, 4) is 11.5 Å². The maximum absolute atomic E-state index is 12.2. The standard InChI is InChI=1S/C19H26N2O4/c1-14(12-15-7-8-16(24-2)17(13-15)25-3)19(23)20-9-5-11-21-10-4-6-18(21)22/h7-8,12-13H,4-6,9-11H2,1-3H3,(H,20,23)/b14-12+. The molecule has 0 aliphatic carbocycles. The lowest BCUT2D eigenvalue weighted by Gasteiger charge is -2.15. The highest BCUT2D eigenvalue weighted by molar-refractivity contribution is 5.97. The number of carbonyl (C=O) groups excluding carboxylic acids is 2. The maximum atomic E-state index is 12.2. The second kappa shape index (κ2) is 9.11. The van der Waals surface area contributed by atoms with Crippen LogP contribution in [0.2, 0.25) is 0 Å². The molecule has 1 aliphatic heterocycles. The normalized spacial score (nSPS) is 14.6. The van der Waals surface area contributed by atoms with E-state index in [1.807, 2.05) is 23.1 Å². The Hall–Kier alpha value is -2.50. The van der Waals surface area contributed by atoms with E-state index in [0.717, 1.165) is 24.9 Å². The Morgan fingerprint density at radius 3 is 2.68 bits per heavy atom. The van der Waals surface area contributed by atoms with Crippen molar-refractivity contribution in [1.82, 2.24) is 10.2 Å². The predicted octanol–water partition coefficient (Wildman–Crippen LogP) is 2.24. The molecule has 6 heteroatoms. The second-order valence-electron chi connectivity index (χ2n) is 6.04. The SMILES string of the molecule is COc1ccc(/C=C(\C)C(=O)NCCCN2CCCC2=O)cc1OC. The summed E-state index contributed by atoms with van der Waals surface area (Å²) in [7, 11) is 3.16. The third kappa shape index (κ3) is 5.24. The molecule has 1 aromatic rings. The Labute approximate surface area is 148 Å². The summed E-state index contributed by atoms with van der Waals surface area (Å²) in [5, 5.41) is 2.89. The van der Waals surface area contributed by atoms with E-state index < -0.39 is 0 Å². The van der Waals surface area contributed by atoms with E-state index in [1.165, 1.54) is 0 Å². The quantitative estimate of drug-likeness (QED) is 0.579. The topological polar surface area (TPSA) is 67.9 Å². The van der Waals surface area contributed by atoms with Crippen molar-refractivity contribution in [1.29, 1.82) is 0 Å². The van der Waals surface area contributed by atoms with E-state index >= 15 is 0 Å². The van der Waals surface area contributed by atoms with E-state index in [2.05, 4.69) is 5.32 Å². The molecule has 0 bridgehead atoms. The molecule has 0 unspecified atom stereocenters. The molecule has 0 saturated carbocycles. The fourth-order valence-electron chi connectivity index (χ4n) is 2.81. The number of hydrogen-bond donors (Lipinski definition) is 1. The molecule has 1 aliphatic rings. The average Bonchev–Trinajstić information content (AvgIpc) is 3.03. The molecule has 1 aromatic carbocycles. The minimum Gasteiger partial charge on any atom is -0.493 e. The number of hydrogen-bond acceptors (Lipinski definition) is 4. The van der Waals surface area contributed by atoms with Gasteiger partial charge in [-0.2, -0.15) is 0 Å². The highest BCUT2D eigenvalue weighted by Crippen LogP contribution is 2.28. The third-order valence-corrected chi connectivity index (χ3v) is 4.21. The van der Waals surface area contributed by atoms with Gasteiger partial charge in [0.15, 0.2) is 11.5 Å². The monoisotopic (exact) mass is 346 g/mol. The molecular weight excluding hydrogens is 320 g/mol. The van der Waals surface area contributed by atoms with Crippen LogP contribution in [0.5, 0.6) is 11.5 Å². The van der Waals surface area contributed by atoms with Gasteiger partial charge in [-0.3, -0.25) is 9.59 Å². The Morgan fingerprint density at radius 2 is 2.04 bits per heavy atom. The van der Waals surface area contributed by atoms with Gasteiger partial charge in [-0.25, -0.2) is 0 Å². The number of benzene rings is 1. The minimum atomic E-state index is -0.109. The fourth-order valence-corrected chi connectivity index (χ4v) is 2.81. The molecule has 2 amide bonds. The van der Waals surface area contributed by atoms with E-state index in [-0.39, 0.29) is 11.8 Å². The number of likely N-dealkylation sites (tertiary alicyclic amines) is 1. The maximum Gasteiger partial charge on any atom is 0.246 e. The summed E-state index contributed by atoms with van der Waals surface area (Å²) >= 11 is 0. The Balaban J connectivity index is 1.84. The van der Waals surface area contributed by atoms with Crippen molar-refractivity contribution in [2.24, 2.45) is 0 Å². The van der Waals surface area contributed by atoms with E-state index in [1.54, 1.807) is 27.2 Å². The average molecular weight is 346 g/mol. The van der Waals surface area contributed by atoms with Crippen molar-refractivity contribution >= 4 is 17.9 Å². The summed E-state index contributed by atoms with van der Waals surface area (Å²) < 4.78 is 10.5. The van der Waals surface area contributed by atoms with Gasteiger partial charge in [0.1, 0.15) is 0 Å². The number of nitrogens with zero attached hydrogens (tertiary/aromatic N) is 1. The molecule has 1 N–H and O–H groups in total. The van der Waals surface area contributed by atoms with Crippen LogP contribution < -0.4 is 14.8 Å². The molecule has 0 atom stereocenters. The van der Waals surface area contributed by atoms with Crippen LogP contribution in [0.15, 0.2) is 23.8 Å². The van der Waals surface area contributed by atoms with Crippen molar-refractivity contribution in [2.45, 2.75) is 26.2 Å². The van der Waals surface area contributed by atoms with E-state index in [0.29, 0.717) is 36.6 Å². The summed E-state index contributed by atoms with van der Waals surface area (Å²) in [4.78, 5) is 25.6. The number of rotatable bonds is 8. The van der Waals surface area contributed by atoms with Gasteiger partial charge in [0.25, 0.3) is 0 Å². The fraction of sp³-hybridized carbons (Fsp3) is 0.474. The lowest BCUT2D eigenvalue weighted by Crippen LogP contribution is -2.30. The molecule has 0 spiro atoms. The van der Waals surface area contributed by atoms with Crippen LogP contribution in [0.1, 0.15) is 31.7 Å². The van der Waals surface area contributed by atoms with Crippen LogP contribution in [-0.2, 0) is 9.59 Å². The smallest absolute Gasteiger partial charge is 0.246 e. The van der Waals surface area contributed by atoms with Crippen molar-refractivity contribution in [3.63, 3.8) is 0 Å². The zero-order chi connectivity index (χ0) is 18.2. The lowest BCUT2D eigenvalue weighted by molar-refractivity contribution is -0.127. The van der Waals surface area contributed by atoms with Gasteiger partial charge >= 0.3 is 0 Å². The highest BCUT2D eigenvalue weighted by atomic mass is 16.5. The number of methoxy groups -OCH3 is 2. The zero-order valence-corrected chi connectivity index (χ0v) is 15.1. The molecule has 0 aromatic heterocycles. The van der Waals surface area contributed by atoms with E-state index in [9.17, 15) is 9.59 Å². The van der Waals surface area contributed by atoms with Crippen LogP contribution in [0, 0.1) is 0 Å². The van der Waals surface area contributed by atoms with Gasteiger partial charge in [-0.15, -0.1) is 0 Å². The molecular formula is C19H26N2O4. The molecule has 25 heavy (non-hydrogen) atoms. The van der Waals surface area contributed by atoms with Gasteiger partial charge < -0.3 is 19.7 Å². The third-order valence-electron chi connectivity index (χ3n) is 4.21. The Bertz CT molecular complexity index is 655. The number of carbonyl (C=O) groups is 2. The predicted molar refractivity (Wildman–Crippen MR) is 96.6 cm³/mol. The van der Waals surface area contributed by atoms with Crippen LogP contribution in [0.25, 0.3) is 6.08 Å². The first-order chi connectivity index (χ1) is 12.0. The van der Waals surface area contributed by atoms with Gasteiger partial charge in [-0.05, 0) is 43.5 Å². The summed E-state index contributed by atoms with van der Waals surface area (Å²) in [6.07, 6.45) is 4.17. The number of amides is 2. The van der Waals surface area contributed by atoms with Gasteiger partial charge in [0, 0.05) is 31.6 Å².